The van der Waals surface area contributed by atoms with Crippen LogP contribution in [0, 0.1) is 0 Å². The summed E-state index contributed by atoms with van der Waals surface area (Å²) < 4.78 is 7.21. The lowest BCUT2D eigenvalue weighted by Crippen LogP contribution is -2.48. The predicted molar refractivity (Wildman–Crippen MR) is 128 cm³/mol. The van der Waals surface area contributed by atoms with Gasteiger partial charge in [0.15, 0.2) is 5.82 Å². The number of ether oxygens (including phenoxy) is 1. The molecule has 3 aromatic carbocycles. The first-order valence-corrected chi connectivity index (χ1v) is 11.3. The third-order valence-electron chi connectivity index (χ3n) is 6.21. The van der Waals surface area contributed by atoms with Gasteiger partial charge in [-0.1, -0.05) is 60.7 Å². The van der Waals surface area contributed by atoms with Crippen molar-refractivity contribution in [1.82, 2.24) is 25.1 Å². The van der Waals surface area contributed by atoms with E-state index in [-0.39, 0.29) is 6.04 Å². The second kappa shape index (κ2) is 9.83. The van der Waals surface area contributed by atoms with E-state index in [1.165, 1.54) is 11.3 Å². The Balaban J connectivity index is 1.40. The highest BCUT2D eigenvalue weighted by molar-refractivity contribution is 5.46. The van der Waals surface area contributed by atoms with Crippen molar-refractivity contribution in [2.45, 2.75) is 12.6 Å². The number of para-hydroxylation sites is 1. The lowest BCUT2D eigenvalue weighted by atomic mass is 10.0. The molecule has 0 amide bonds. The largest absolute Gasteiger partial charge is 0.497 e. The van der Waals surface area contributed by atoms with Gasteiger partial charge in [0.2, 0.25) is 0 Å². The summed E-state index contributed by atoms with van der Waals surface area (Å²) >= 11 is 0. The number of piperazine rings is 1. The van der Waals surface area contributed by atoms with Gasteiger partial charge in [-0.05, 0) is 45.8 Å². The molecule has 7 nitrogen and oxygen atoms in total. The van der Waals surface area contributed by atoms with Crippen LogP contribution in [0.15, 0.2) is 84.9 Å². The topological polar surface area (TPSA) is 59.3 Å². The fourth-order valence-corrected chi connectivity index (χ4v) is 4.46. The summed E-state index contributed by atoms with van der Waals surface area (Å²) in [5.41, 5.74) is 3.61. The molecule has 1 aliphatic rings. The zero-order valence-electron chi connectivity index (χ0n) is 18.8. The Morgan fingerprint density at radius 3 is 2.15 bits per heavy atom. The van der Waals surface area contributed by atoms with Crippen LogP contribution in [0.4, 0.5) is 5.69 Å². The van der Waals surface area contributed by atoms with Crippen LogP contribution >= 0.6 is 0 Å². The summed E-state index contributed by atoms with van der Waals surface area (Å²) in [6.45, 7) is 4.41. The van der Waals surface area contributed by atoms with E-state index >= 15 is 0 Å². The highest BCUT2D eigenvalue weighted by atomic mass is 16.5. The Morgan fingerprint density at radius 2 is 1.48 bits per heavy atom. The molecule has 0 saturated carbocycles. The van der Waals surface area contributed by atoms with Crippen LogP contribution < -0.4 is 9.64 Å². The van der Waals surface area contributed by atoms with E-state index in [4.69, 9.17) is 4.74 Å². The zero-order valence-corrected chi connectivity index (χ0v) is 18.8. The maximum atomic E-state index is 5.29. The fourth-order valence-electron chi connectivity index (χ4n) is 4.46. The second-order valence-electron chi connectivity index (χ2n) is 8.21. The Hall–Kier alpha value is -3.71. The zero-order chi connectivity index (χ0) is 22.5. The van der Waals surface area contributed by atoms with Crippen molar-refractivity contribution in [3.63, 3.8) is 0 Å². The summed E-state index contributed by atoms with van der Waals surface area (Å²) in [6, 6.07) is 29.2. The summed E-state index contributed by atoms with van der Waals surface area (Å²) in [6.07, 6.45) is 0. The number of aromatic nitrogens is 4. The van der Waals surface area contributed by atoms with Crippen LogP contribution in [0.25, 0.3) is 0 Å². The molecule has 1 aliphatic heterocycles. The maximum absolute atomic E-state index is 5.29. The quantitative estimate of drug-likeness (QED) is 0.437. The monoisotopic (exact) mass is 440 g/mol. The molecule has 0 N–H and O–H groups in total. The highest BCUT2D eigenvalue weighted by Crippen LogP contribution is 2.29. The summed E-state index contributed by atoms with van der Waals surface area (Å²) in [5.74, 6) is 1.71. The average Bonchev–Trinajstić information content (AvgIpc) is 3.34. The number of benzene rings is 3. The van der Waals surface area contributed by atoms with Crippen molar-refractivity contribution < 1.29 is 4.74 Å². The van der Waals surface area contributed by atoms with Gasteiger partial charge in [-0.2, -0.15) is 0 Å². The molecule has 2 heterocycles. The number of methoxy groups -OCH3 is 1. The highest BCUT2D eigenvalue weighted by Gasteiger charge is 2.30. The number of tetrazole rings is 1. The molecule has 4 aromatic rings. The van der Waals surface area contributed by atoms with E-state index in [2.05, 4.69) is 92.1 Å². The molecule has 1 aromatic heterocycles. The molecular weight excluding hydrogens is 412 g/mol. The second-order valence-corrected chi connectivity index (χ2v) is 8.21. The molecule has 33 heavy (non-hydrogen) atoms. The van der Waals surface area contributed by atoms with E-state index < -0.39 is 0 Å². The minimum atomic E-state index is -0.00243. The van der Waals surface area contributed by atoms with Crippen LogP contribution in [-0.4, -0.2) is 58.4 Å². The molecule has 168 valence electrons. The molecule has 1 atom stereocenters. The smallest absolute Gasteiger partial charge is 0.173 e. The van der Waals surface area contributed by atoms with Gasteiger partial charge in [-0.3, -0.25) is 4.90 Å². The Morgan fingerprint density at radius 1 is 0.818 bits per heavy atom. The number of hydrogen-bond donors (Lipinski definition) is 0. The number of nitrogens with zero attached hydrogens (tertiary/aromatic N) is 6. The summed E-state index contributed by atoms with van der Waals surface area (Å²) in [7, 11) is 1.68. The maximum Gasteiger partial charge on any atom is 0.173 e. The normalized spacial score (nSPS) is 15.4. The lowest BCUT2D eigenvalue weighted by Gasteiger charge is -2.39. The van der Waals surface area contributed by atoms with Crippen LogP contribution in [-0.2, 0) is 6.54 Å². The molecule has 5 rings (SSSR count). The standard InChI is InChI=1S/C26H28N6O/c1-33-24-14-12-21(13-15-24)20-32-26(27-28-29-32)25(22-8-4-2-5-9-22)31-18-16-30(17-19-31)23-10-6-3-7-11-23/h2-15,25H,16-20H2,1H3. The van der Waals surface area contributed by atoms with Gasteiger partial charge in [0.05, 0.1) is 19.7 Å². The molecule has 0 spiro atoms. The molecule has 0 aliphatic carbocycles. The fraction of sp³-hybridized carbons (Fsp3) is 0.269. The Kier molecular flexibility index (Phi) is 6.30. The van der Waals surface area contributed by atoms with E-state index in [9.17, 15) is 0 Å². The van der Waals surface area contributed by atoms with Crippen LogP contribution in [0.3, 0.4) is 0 Å². The van der Waals surface area contributed by atoms with Crippen molar-refractivity contribution in [2.24, 2.45) is 0 Å². The van der Waals surface area contributed by atoms with Crippen molar-refractivity contribution in [2.75, 3.05) is 38.2 Å². The van der Waals surface area contributed by atoms with Crippen LogP contribution in [0.1, 0.15) is 23.0 Å². The summed E-state index contributed by atoms with van der Waals surface area (Å²) in [5, 5.41) is 12.9. The van der Waals surface area contributed by atoms with Crippen molar-refractivity contribution in [3.05, 3.63) is 102 Å². The lowest BCUT2D eigenvalue weighted by molar-refractivity contribution is 0.201. The minimum Gasteiger partial charge on any atom is -0.497 e. The SMILES string of the molecule is COc1ccc(Cn2nnnc2C(c2ccccc2)N2CCN(c3ccccc3)CC2)cc1. The van der Waals surface area contributed by atoms with Crippen molar-refractivity contribution in [1.29, 1.82) is 0 Å². The summed E-state index contributed by atoms with van der Waals surface area (Å²) in [4.78, 5) is 4.93. The van der Waals surface area contributed by atoms with Crippen LogP contribution in [0.2, 0.25) is 0 Å². The van der Waals surface area contributed by atoms with Gasteiger partial charge >= 0.3 is 0 Å². The van der Waals surface area contributed by atoms with Gasteiger partial charge in [0.1, 0.15) is 5.75 Å². The first kappa shape index (κ1) is 21.2. The molecule has 1 unspecified atom stereocenters. The van der Waals surface area contributed by atoms with Gasteiger partial charge in [-0.15, -0.1) is 5.10 Å². The molecular formula is C26H28N6O. The molecule has 1 saturated heterocycles. The first-order chi connectivity index (χ1) is 16.3. The van der Waals surface area contributed by atoms with Crippen molar-refractivity contribution >= 4 is 5.69 Å². The van der Waals surface area contributed by atoms with Gasteiger partial charge in [0, 0.05) is 31.9 Å². The van der Waals surface area contributed by atoms with Crippen molar-refractivity contribution in [3.8, 4) is 5.75 Å². The Bertz CT molecular complexity index is 1140. The van der Waals surface area contributed by atoms with Gasteiger partial charge < -0.3 is 9.64 Å². The van der Waals surface area contributed by atoms with Crippen LogP contribution in [0.5, 0.6) is 5.75 Å². The molecule has 7 heteroatoms. The van der Waals surface area contributed by atoms with E-state index in [1.807, 2.05) is 22.9 Å². The van der Waals surface area contributed by atoms with Gasteiger partial charge in [0.25, 0.3) is 0 Å². The minimum absolute atomic E-state index is 0.00243. The number of rotatable bonds is 7. The molecule has 0 bridgehead atoms. The average molecular weight is 441 g/mol. The number of anilines is 1. The van der Waals surface area contributed by atoms with Gasteiger partial charge in [-0.25, -0.2) is 4.68 Å². The number of hydrogen-bond acceptors (Lipinski definition) is 6. The van der Waals surface area contributed by atoms with E-state index in [0.29, 0.717) is 6.54 Å². The first-order valence-electron chi connectivity index (χ1n) is 11.3. The molecule has 0 radical (unpaired) electrons. The third-order valence-corrected chi connectivity index (χ3v) is 6.21. The predicted octanol–water partition coefficient (Wildman–Crippen LogP) is 3.64. The Labute approximate surface area is 194 Å². The third kappa shape index (κ3) is 4.73. The van der Waals surface area contributed by atoms with E-state index in [0.717, 1.165) is 43.3 Å². The molecule has 1 fully saturated rings. The van der Waals surface area contributed by atoms with E-state index in [1.54, 1.807) is 7.11 Å².